The molecule has 0 unspecified atom stereocenters. The van der Waals surface area contributed by atoms with Crippen molar-refractivity contribution in [2.24, 2.45) is 11.0 Å². The third-order valence-corrected chi connectivity index (χ3v) is 4.48. The van der Waals surface area contributed by atoms with Crippen LogP contribution in [-0.2, 0) is 0 Å². The lowest BCUT2D eigenvalue weighted by Crippen LogP contribution is -2.03. The van der Waals surface area contributed by atoms with E-state index in [0.29, 0.717) is 23.3 Å². The number of benzene rings is 2. The summed E-state index contributed by atoms with van der Waals surface area (Å²) < 4.78 is 11.3. The SMILES string of the molecule is COc1cc(/C=N\Nc2ccnc3cc(Cl)ccc23)ccc1OCCC(C)C. The molecule has 6 heteroatoms. The van der Waals surface area contributed by atoms with Gasteiger partial charge in [0.05, 0.1) is 31.1 Å². The molecular formula is C22H24ClN3O2. The smallest absolute Gasteiger partial charge is 0.161 e. The number of rotatable bonds is 8. The first-order valence-electron chi connectivity index (χ1n) is 9.21. The summed E-state index contributed by atoms with van der Waals surface area (Å²) in [6.45, 7) is 5.02. The van der Waals surface area contributed by atoms with E-state index in [0.717, 1.165) is 34.3 Å². The third kappa shape index (κ3) is 5.14. The molecule has 0 saturated carbocycles. The van der Waals surface area contributed by atoms with E-state index in [1.54, 1.807) is 19.5 Å². The van der Waals surface area contributed by atoms with Gasteiger partial charge in [0.25, 0.3) is 0 Å². The van der Waals surface area contributed by atoms with E-state index in [2.05, 4.69) is 29.4 Å². The lowest BCUT2D eigenvalue weighted by atomic mass is 10.1. The number of hydrogen-bond donors (Lipinski definition) is 1. The van der Waals surface area contributed by atoms with Crippen LogP contribution in [0, 0.1) is 5.92 Å². The number of nitrogens with zero attached hydrogens (tertiary/aromatic N) is 2. The molecule has 0 aliphatic heterocycles. The van der Waals surface area contributed by atoms with Crippen LogP contribution in [0.25, 0.3) is 10.9 Å². The van der Waals surface area contributed by atoms with Crippen molar-refractivity contribution >= 4 is 34.4 Å². The number of hydrazone groups is 1. The summed E-state index contributed by atoms with van der Waals surface area (Å²) in [6.07, 6.45) is 4.47. The molecule has 146 valence electrons. The van der Waals surface area contributed by atoms with Crippen LogP contribution in [0.3, 0.4) is 0 Å². The Labute approximate surface area is 170 Å². The highest BCUT2D eigenvalue weighted by Crippen LogP contribution is 2.28. The predicted molar refractivity (Wildman–Crippen MR) is 116 cm³/mol. The minimum Gasteiger partial charge on any atom is -0.493 e. The lowest BCUT2D eigenvalue weighted by molar-refractivity contribution is 0.273. The van der Waals surface area contributed by atoms with E-state index in [-0.39, 0.29) is 0 Å². The maximum atomic E-state index is 6.03. The quantitative estimate of drug-likeness (QED) is 0.387. The third-order valence-electron chi connectivity index (χ3n) is 4.24. The van der Waals surface area contributed by atoms with Crippen LogP contribution < -0.4 is 14.9 Å². The molecule has 0 fully saturated rings. The molecule has 0 radical (unpaired) electrons. The van der Waals surface area contributed by atoms with E-state index < -0.39 is 0 Å². The number of fused-ring (bicyclic) bond motifs is 1. The molecule has 3 aromatic rings. The second kappa shape index (κ2) is 9.42. The minimum atomic E-state index is 0.601. The number of nitrogens with one attached hydrogen (secondary N) is 1. The van der Waals surface area contributed by atoms with Crippen LogP contribution >= 0.6 is 11.6 Å². The first kappa shape index (κ1) is 20.0. The molecule has 1 heterocycles. The zero-order chi connectivity index (χ0) is 19.9. The second-order valence-electron chi connectivity index (χ2n) is 6.83. The van der Waals surface area contributed by atoms with Gasteiger partial charge in [0.1, 0.15) is 0 Å². The number of anilines is 1. The number of aromatic nitrogens is 1. The molecule has 0 aliphatic rings. The minimum absolute atomic E-state index is 0.601. The molecule has 0 aliphatic carbocycles. The lowest BCUT2D eigenvalue weighted by Gasteiger charge is -2.12. The topological polar surface area (TPSA) is 55.7 Å². The first-order chi connectivity index (χ1) is 13.6. The van der Waals surface area contributed by atoms with Crippen molar-refractivity contribution in [1.29, 1.82) is 0 Å². The van der Waals surface area contributed by atoms with Gasteiger partial charge in [-0.25, -0.2) is 0 Å². The van der Waals surface area contributed by atoms with Crippen molar-refractivity contribution in [2.45, 2.75) is 20.3 Å². The predicted octanol–water partition coefficient (Wildman–Crippen LogP) is 5.77. The highest BCUT2D eigenvalue weighted by Gasteiger charge is 2.06. The molecule has 28 heavy (non-hydrogen) atoms. The Hall–Kier alpha value is -2.79. The fourth-order valence-electron chi connectivity index (χ4n) is 2.68. The summed E-state index contributed by atoms with van der Waals surface area (Å²) in [4.78, 5) is 4.33. The summed E-state index contributed by atoms with van der Waals surface area (Å²) in [5.74, 6) is 2.03. The van der Waals surface area contributed by atoms with Crippen LogP contribution in [0.2, 0.25) is 5.02 Å². The van der Waals surface area contributed by atoms with Crippen molar-refractivity contribution in [2.75, 3.05) is 19.1 Å². The van der Waals surface area contributed by atoms with Crippen LogP contribution in [0.5, 0.6) is 11.5 Å². The van der Waals surface area contributed by atoms with Gasteiger partial charge in [-0.3, -0.25) is 10.4 Å². The van der Waals surface area contributed by atoms with Gasteiger partial charge in [0.15, 0.2) is 11.5 Å². The van der Waals surface area contributed by atoms with Gasteiger partial charge in [-0.2, -0.15) is 5.10 Å². The van der Waals surface area contributed by atoms with E-state index in [4.69, 9.17) is 21.1 Å². The van der Waals surface area contributed by atoms with Gasteiger partial charge >= 0.3 is 0 Å². The molecule has 5 nitrogen and oxygen atoms in total. The zero-order valence-corrected chi connectivity index (χ0v) is 17.0. The van der Waals surface area contributed by atoms with Gasteiger partial charge in [-0.1, -0.05) is 25.4 Å². The number of pyridine rings is 1. The molecule has 3 rings (SSSR count). The molecule has 1 N–H and O–H groups in total. The van der Waals surface area contributed by atoms with Gasteiger partial charge in [-0.05, 0) is 60.4 Å². The van der Waals surface area contributed by atoms with Crippen LogP contribution in [0.1, 0.15) is 25.8 Å². The number of methoxy groups -OCH3 is 1. The Bertz CT molecular complexity index is 973. The Morgan fingerprint density at radius 1 is 1.14 bits per heavy atom. The Morgan fingerprint density at radius 2 is 2.00 bits per heavy atom. The van der Waals surface area contributed by atoms with Gasteiger partial charge in [-0.15, -0.1) is 0 Å². The fraction of sp³-hybridized carbons (Fsp3) is 0.273. The average Bonchev–Trinajstić information content (AvgIpc) is 2.68. The van der Waals surface area contributed by atoms with Crippen molar-refractivity contribution in [3.05, 3.63) is 59.2 Å². The summed E-state index contributed by atoms with van der Waals surface area (Å²) in [7, 11) is 1.64. The van der Waals surface area contributed by atoms with Crippen LogP contribution in [0.15, 0.2) is 53.8 Å². The normalized spacial score (nSPS) is 11.3. The number of hydrogen-bond acceptors (Lipinski definition) is 5. The van der Waals surface area contributed by atoms with Gasteiger partial charge in [0, 0.05) is 16.6 Å². The summed E-state index contributed by atoms with van der Waals surface area (Å²) >= 11 is 6.03. The van der Waals surface area contributed by atoms with Crippen molar-refractivity contribution in [3.63, 3.8) is 0 Å². The summed E-state index contributed by atoms with van der Waals surface area (Å²) in [5.41, 5.74) is 5.65. The molecule has 1 aromatic heterocycles. The van der Waals surface area contributed by atoms with Crippen LogP contribution in [0.4, 0.5) is 5.69 Å². The zero-order valence-electron chi connectivity index (χ0n) is 16.3. The summed E-state index contributed by atoms with van der Waals surface area (Å²) in [5, 5.41) is 5.95. The number of halogens is 1. The van der Waals surface area contributed by atoms with E-state index in [1.165, 1.54) is 0 Å². The van der Waals surface area contributed by atoms with E-state index in [9.17, 15) is 0 Å². The van der Waals surface area contributed by atoms with Gasteiger partial charge < -0.3 is 9.47 Å². The monoisotopic (exact) mass is 397 g/mol. The molecular weight excluding hydrogens is 374 g/mol. The van der Waals surface area contributed by atoms with Crippen molar-refractivity contribution in [1.82, 2.24) is 4.98 Å². The second-order valence-corrected chi connectivity index (χ2v) is 7.27. The maximum absolute atomic E-state index is 6.03. The highest BCUT2D eigenvalue weighted by atomic mass is 35.5. The molecule has 2 aromatic carbocycles. The molecule has 0 spiro atoms. The Kier molecular flexibility index (Phi) is 6.71. The fourth-order valence-corrected chi connectivity index (χ4v) is 2.85. The number of ether oxygens (including phenoxy) is 2. The summed E-state index contributed by atoms with van der Waals surface area (Å²) in [6, 6.07) is 13.2. The Balaban J connectivity index is 1.71. The standard InChI is InChI=1S/C22H24ClN3O2/c1-15(2)9-11-28-21-7-4-16(12-22(21)27-3)14-25-26-19-8-10-24-20-13-17(23)5-6-18(19)20/h4-8,10,12-15H,9,11H2,1-3H3,(H,24,26)/b25-14-. The van der Waals surface area contributed by atoms with Crippen molar-refractivity contribution in [3.8, 4) is 11.5 Å². The largest absolute Gasteiger partial charge is 0.493 e. The highest BCUT2D eigenvalue weighted by molar-refractivity contribution is 6.31. The maximum Gasteiger partial charge on any atom is 0.161 e. The van der Waals surface area contributed by atoms with Gasteiger partial charge in [0.2, 0.25) is 0 Å². The van der Waals surface area contributed by atoms with E-state index >= 15 is 0 Å². The van der Waals surface area contributed by atoms with Crippen molar-refractivity contribution < 1.29 is 9.47 Å². The van der Waals surface area contributed by atoms with Crippen LogP contribution in [-0.4, -0.2) is 24.9 Å². The Morgan fingerprint density at radius 3 is 2.79 bits per heavy atom. The molecule has 0 atom stereocenters. The molecule has 0 bridgehead atoms. The molecule has 0 amide bonds. The molecule has 0 saturated heterocycles. The average molecular weight is 398 g/mol. The first-order valence-corrected chi connectivity index (χ1v) is 9.59. The van der Waals surface area contributed by atoms with E-state index in [1.807, 2.05) is 42.5 Å².